The van der Waals surface area contributed by atoms with E-state index in [-0.39, 0.29) is 30.6 Å². The molecule has 162 valence electrons. The van der Waals surface area contributed by atoms with Crippen molar-refractivity contribution in [2.24, 2.45) is 5.92 Å². The highest BCUT2D eigenvalue weighted by molar-refractivity contribution is 6.00. The molecule has 0 saturated carbocycles. The third-order valence-corrected chi connectivity index (χ3v) is 4.66. The van der Waals surface area contributed by atoms with E-state index in [9.17, 15) is 9.59 Å². The van der Waals surface area contributed by atoms with Gasteiger partial charge in [-0.1, -0.05) is 33.6 Å². The second-order valence-electron chi connectivity index (χ2n) is 7.76. The van der Waals surface area contributed by atoms with E-state index in [1.165, 1.54) is 0 Å². The Bertz CT molecular complexity index is 756. The molecule has 2 amide bonds. The van der Waals surface area contributed by atoms with Crippen LogP contribution < -0.4 is 10.6 Å². The number of nitrogens with zero attached hydrogens (tertiary/aromatic N) is 2. The fourth-order valence-electron chi connectivity index (χ4n) is 3.16. The summed E-state index contributed by atoms with van der Waals surface area (Å²) in [6.07, 6.45) is 2.02. The van der Waals surface area contributed by atoms with E-state index < -0.39 is 12.5 Å². The second-order valence-corrected chi connectivity index (χ2v) is 7.76. The molecule has 2 rings (SSSR count). The fraction of sp³-hybridized carbons (Fsp3) is 0.636. The second kappa shape index (κ2) is 11.0. The summed E-state index contributed by atoms with van der Waals surface area (Å²) in [5.74, 6) is -0.147. The van der Waals surface area contributed by atoms with Gasteiger partial charge in [-0.25, -0.2) is 0 Å². The predicted molar refractivity (Wildman–Crippen MR) is 114 cm³/mol. The fourth-order valence-corrected chi connectivity index (χ4v) is 3.16. The number of hydrogen-bond acceptors (Lipinski definition) is 6. The molecule has 2 saturated heterocycles. The minimum Gasteiger partial charge on any atom is -0.388 e. The van der Waals surface area contributed by atoms with E-state index in [0.29, 0.717) is 56.8 Å². The maximum absolute atomic E-state index is 11.6. The van der Waals surface area contributed by atoms with E-state index in [1.807, 2.05) is 13.8 Å². The van der Waals surface area contributed by atoms with Crippen LogP contribution in [0.4, 0.5) is 0 Å². The molecule has 2 heterocycles. The third kappa shape index (κ3) is 7.24. The summed E-state index contributed by atoms with van der Waals surface area (Å²) in [7, 11) is 0. The van der Waals surface area contributed by atoms with Crippen molar-refractivity contribution in [3.8, 4) is 0 Å². The molecule has 2 aliphatic heterocycles. The average molecular weight is 408 g/mol. The minimum absolute atomic E-state index is 0.166. The number of carbonyl (C=O) groups is 2. The Hall–Kier alpha value is -2.28. The number of hydrogen-bond donors (Lipinski definition) is 2. The van der Waals surface area contributed by atoms with Crippen molar-refractivity contribution in [1.82, 2.24) is 20.6 Å². The Kier molecular flexibility index (Phi) is 7.13. The van der Waals surface area contributed by atoms with Gasteiger partial charge in [0.1, 0.15) is 5.76 Å². The molecule has 0 aromatic carbocycles. The van der Waals surface area contributed by atoms with Crippen molar-refractivity contribution in [1.29, 1.82) is 0 Å². The Morgan fingerprint density at radius 1 is 1.21 bits per heavy atom. The van der Waals surface area contributed by atoms with Gasteiger partial charge in [-0.15, -0.1) is 5.06 Å². The summed E-state index contributed by atoms with van der Waals surface area (Å²) in [5.41, 5.74) is 1.26. The predicted octanol–water partition coefficient (Wildman–Crippen LogP) is 2.69. The lowest BCUT2D eigenvalue weighted by Crippen LogP contribution is -2.38. The van der Waals surface area contributed by atoms with Crippen LogP contribution in [-0.4, -0.2) is 53.9 Å². The minimum atomic E-state index is -1.52. The van der Waals surface area contributed by atoms with Crippen LogP contribution >= 0.6 is 0 Å². The highest BCUT2D eigenvalue weighted by Crippen LogP contribution is 2.22. The topological polar surface area (TPSA) is 73.9 Å². The van der Waals surface area contributed by atoms with Crippen LogP contribution in [0.15, 0.2) is 36.9 Å². The first-order chi connectivity index (χ1) is 14.9. The number of amides is 2. The first kappa shape index (κ1) is 18.7. The van der Waals surface area contributed by atoms with Gasteiger partial charge < -0.3 is 15.5 Å². The average Bonchev–Trinajstić information content (AvgIpc) is 3.13. The molecule has 29 heavy (non-hydrogen) atoms. The van der Waals surface area contributed by atoms with E-state index in [1.54, 1.807) is 4.90 Å². The van der Waals surface area contributed by atoms with Gasteiger partial charge in [0, 0.05) is 65.5 Å². The van der Waals surface area contributed by atoms with Gasteiger partial charge in [-0.2, -0.15) is 0 Å². The highest BCUT2D eigenvalue weighted by atomic mass is 16.7. The van der Waals surface area contributed by atoms with E-state index in [0.717, 1.165) is 10.8 Å². The molecule has 7 heteroatoms. The molecule has 0 bridgehead atoms. The summed E-state index contributed by atoms with van der Waals surface area (Å²) >= 11 is 0. The normalized spacial score (nSPS) is 25.5. The zero-order valence-electron chi connectivity index (χ0n) is 20.7. The summed E-state index contributed by atoms with van der Waals surface area (Å²) in [6.45, 7) is 15.8. The zero-order chi connectivity index (χ0) is 24.1. The van der Waals surface area contributed by atoms with Crippen molar-refractivity contribution >= 4 is 11.8 Å². The van der Waals surface area contributed by atoms with Crippen molar-refractivity contribution in [3.05, 3.63) is 36.9 Å². The number of carbonyl (C=O) groups excluding carboxylic acids is 2. The van der Waals surface area contributed by atoms with Crippen molar-refractivity contribution in [2.45, 2.75) is 58.4 Å². The number of nitrogens with one attached hydrogen (secondary N) is 2. The first-order valence-corrected chi connectivity index (χ1v) is 10.2. The lowest BCUT2D eigenvalue weighted by molar-refractivity contribution is -0.177. The molecule has 7 nitrogen and oxygen atoms in total. The van der Waals surface area contributed by atoms with Gasteiger partial charge in [0.25, 0.3) is 11.8 Å². The molecule has 0 spiro atoms. The van der Waals surface area contributed by atoms with Gasteiger partial charge >= 0.3 is 0 Å². The SMILES string of the molecule is [2H]C1([2H])CCC([2H])(C(=C)NCCC(=C)NCCC(=C)ON2C(=O)CCC2=O)N1CC(C)C. The zero-order valence-corrected chi connectivity index (χ0v) is 17.7. The largest absolute Gasteiger partial charge is 0.388 e. The Balaban J connectivity index is 1.71. The van der Waals surface area contributed by atoms with E-state index >= 15 is 0 Å². The Morgan fingerprint density at radius 2 is 1.86 bits per heavy atom. The summed E-state index contributed by atoms with van der Waals surface area (Å²) in [5, 5.41) is 7.11. The molecule has 0 radical (unpaired) electrons. The van der Waals surface area contributed by atoms with Crippen molar-refractivity contribution in [2.75, 3.05) is 26.1 Å². The van der Waals surface area contributed by atoms with Crippen LogP contribution in [0.1, 0.15) is 56.5 Å². The Labute approximate surface area is 179 Å². The highest BCUT2D eigenvalue weighted by Gasteiger charge is 2.31. The Morgan fingerprint density at radius 3 is 2.52 bits per heavy atom. The van der Waals surface area contributed by atoms with Gasteiger partial charge in [-0.3, -0.25) is 14.5 Å². The number of likely N-dealkylation sites (tertiary alicyclic amines) is 1. The molecule has 0 aromatic rings. The number of rotatable bonds is 13. The maximum atomic E-state index is 11.6. The van der Waals surface area contributed by atoms with Crippen LogP contribution in [-0.2, 0) is 14.4 Å². The van der Waals surface area contributed by atoms with Crippen LogP contribution in [0.3, 0.4) is 0 Å². The molecular weight excluding hydrogens is 368 g/mol. The van der Waals surface area contributed by atoms with Gasteiger partial charge in [-0.05, 0) is 25.3 Å². The lowest BCUT2D eigenvalue weighted by Gasteiger charge is -2.28. The molecule has 1 unspecified atom stereocenters. The standard InChI is InChI=1S/C22H36N4O3/c1-16(2)15-25-14-6-7-20(25)19(5)24-12-10-17(3)23-13-11-18(4)29-26-21(27)8-9-22(26)28/h16,20,23-24H,3-15H2,1-2H3/i14D2,20D. The number of hydroxylamine groups is 2. The van der Waals surface area contributed by atoms with Gasteiger partial charge in [0.15, 0.2) is 0 Å². The van der Waals surface area contributed by atoms with Crippen LogP contribution in [0.2, 0.25) is 0 Å². The molecule has 2 aliphatic rings. The van der Waals surface area contributed by atoms with Crippen molar-refractivity contribution in [3.63, 3.8) is 0 Å². The molecule has 2 N–H and O–H groups in total. The summed E-state index contributed by atoms with van der Waals surface area (Å²) in [4.78, 5) is 30.0. The maximum Gasteiger partial charge on any atom is 0.263 e. The van der Waals surface area contributed by atoms with Crippen LogP contribution in [0.25, 0.3) is 0 Å². The van der Waals surface area contributed by atoms with Gasteiger partial charge in [0.05, 0.1) is 1.37 Å². The molecule has 1 atom stereocenters. The smallest absolute Gasteiger partial charge is 0.263 e. The van der Waals surface area contributed by atoms with Gasteiger partial charge in [0.2, 0.25) is 0 Å². The number of imide groups is 1. The molecule has 0 aliphatic carbocycles. The van der Waals surface area contributed by atoms with Crippen LogP contribution in [0.5, 0.6) is 0 Å². The van der Waals surface area contributed by atoms with E-state index in [2.05, 4.69) is 30.4 Å². The summed E-state index contributed by atoms with van der Waals surface area (Å²) in [6, 6.07) is -1.18. The summed E-state index contributed by atoms with van der Waals surface area (Å²) < 4.78 is 25.4. The van der Waals surface area contributed by atoms with Crippen LogP contribution in [0, 0.1) is 5.92 Å². The lowest BCUT2D eigenvalue weighted by atomic mass is 10.1. The molecular formula is C22H36N4O3. The monoisotopic (exact) mass is 407 g/mol. The molecule has 2 fully saturated rings. The quantitative estimate of drug-likeness (QED) is 0.361. The van der Waals surface area contributed by atoms with Crippen molar-refractivity contribution < 1.29 is 18.5 Å². The third-order valence-electron chi connectivity index (χ3n) is 4.66. The first-order valence-electron chi connectivity index (χ1n) is 11.7. The van der Waals surface area contributed by atoms with E-state index in [4.69, 9.17) is 8.95 Å². The molecule has 0 aromatic heterocycles.